The van der Waals surface area contributed by atoms with Crippen LogP contribution in [-0.2, 0) is 9.53 Å². The highest BCUT2D eigenvalue weighted by molar-refractivity contribution is 5.80. The zero-order valence-electron chi connectivity index (χ0n) is 16.5. The summed E-state index contributed by atoms with van der Waals surface area (Å²) in [5.41, 5.74) is 2.45. The first kappa shape index (κ1) is 19.1. The van der Waals surface area contributed by atoms with Gasteiger partial charge in [-0.1, -0.05) is 50.6 Å². The number of ether oxygens (including phenoxy) is 1. The van der Waals surface area contributed by atoms with Crippen molar-refractivity contribution in [3.05, 3.63) is 47.1 Å². The molecule has 1 aliphatic heterocycles. The van der Waals surface area contributed by atoms with E-state index < -0.39 is 5.97 Å². The van der Waals surface area contributed by atoms with E-state index in [1.807, 2.05) is 19.1 Å². The van der Waals surface area contributed by atoms with Crippen molar-refractivity contribution in [1.82, 2.24) is 0 Å². The van der Waals surface area contributed by atoms with Gasteiger partial charge in [0.25, 0.3) is 0 Å². The molecule has 6 atom stereocenters. The van der Waals surface area contributed by atoms with E-state index in [0.29, 0.717) is 0 Å². The summed E-state index contributed by atoms with van der Waals surface area (Å²) in [5, 5.41) is 19.0. The SMILES string of the molecule is C/C=C(\CO)[C@H]1OC2C(C)=C[C@@](C)(/C=C/C(=O)O)[C@H]3C(C)=C[C@]1(C)[C@@]23C. The standard InChI is InChI=1S/C22H30O4/c1-7-15(12-23)19-21(5)11-13(2)17-20(4,9-8-16(24)25)10-14(3)18(26-19)22(17,21)6/h7-11,17-19,23H,12H2,1-6H3,(H,24,25)/b9-8+,15-7+/t17-,18?,19-,20-,21+,22-/m1/s1. The van der Waals surface area contributed by atoms with Crippen molar-refractivity contribution < 1.29 is 19.7 Å². The zero-order chi connectivity index (χ0) is 19.5. The molecule has 0 saturated carbocycles. The number of carboxylic acid groups (broad SMARTS) is 1. The third kappa shape index (κ3) is 2.25. The van der Waals surface area contributed by atoms with Crippen LogP contribution in [0, 0.1) is 22.2 Å². The second-order valence-corrected chi connectivity index (χ2v) is 8.73. The second kappa shape index (κ2) is 5.93. The summed E-state index contributed by atoms with van der Waals surface area (Å²) < 4.78 is 6.55. The Morgan fingerprint density at radius 2 is 1.88 bits per heavy atom. The molecule has 3 rings (SSSR count). The van der Waals surface area contributed by atoms with Gasteiger partial charge in [0, 0.05) is 28.2 Å². The van der Waals surface area contributed by atoms with E-state index in [0.717, 1.165) is 11.1 Å². The first-order valence-electron chi connectivity index (χ1n) is 9.27. The lowest BCUT2D eigenvalue weighted by atomic mass is 9.50. The Balaban J connectivity index is 2.20. The number of rotatable bonds is 4. The lowest BCUT2D eigenvalue weighted by Crippen LogP contribution is -2.51. The number of carboxylic acids is 1. The average molecular weight is 358 g/mol. The van der Waals surface area contributed by atoms with Crippen molar-refractivity contribution in [3.8, 4) is 0 Å². The predicted octanol–water partition coefficient (Wildman–Crippen LogP) is 3.89. The summed E-state index contributed by atoms with van der Waals surface area (Å²) in [6.45, 7) is 12.7. The van der Waals surface area contributed by atoms with E-state index in [-0.39, 0.29) is 41.0 Å². The zero-order valence-corrected chi connectivity index (χ0v) is 16.5. The number of aliphatic hydroxyl groups excluding tert-OH is 1. The lowest BCUT2D eigenvalue weighted by molar-refractivity contribution is -0.131. The third-order valence-electron chi connectivity index (χ3n) is 7.15. The molecule has 0 spiro atoms. The van der Waals surface area contributed by atoms with Crippen molar-refractivity contribution in [2.24, 2.45) is 22.2 Å². The van der Waals surface area contributed by atoms with E-state index in [4.69, 9.17) is 9.84 Å². The molecule has 4 heteroatoms. The first-order chi connectivity index (χ1) is 12.0. The fourth-order valence-electron chi connectivity index (χ4n) is 6.27. The van der Waals surface area contributed by atoms with Gasteiger partial charge in [-0.25, -0.2) is 4.79 Å². The summed E-state index contributed by atoms with van der Waals surface area (Å²) in [7, 11) is 0. The molecule has 0 aromatic rings. The molecular formula is C22H30O4. The van der Waals surface area contributed by atoms with E-state index in [9.17, 15) is 9.90 Å². The number of carbonyl (C=O) groups is 1. The van der Waals surface area contributed by atoms with Crippen LogP contribution in [0.15, 0.2) is 47.1 Å². The first-order valence-corrected chi connectivity index (χ1v) is 9.27. The molecule has 0 radical (unpaired) electrons. The Morgan fingerprint density at radius 1 is 1.23 bits per heavy atom. The molecule has 0 aromatic heterocycles. The molecule has 0 aromatic carbocycles. The van der Waals surface area contributed by atoms with Gasteiger partial charge in [-0.15, -0.1) is 0 Å². The van der Waals surface area contributed by atoms with Crippen LogP contribution >= 0.6 is 0 Å². The minimum Gasteiger partial charge on any atom is -0.478 e. The van der Waals surface area contributed by atoms with Gasteiger partial charge in [0.15, 0.2) is 0 Å². The third-order valence-corrected chi connectivity index (χ3v) is 7.15. The van der Waals surface area contributed by atoms with Crippen LogP contribution in [0.1, 0.15) is 41.5 Å². The summed E-state index contributed by atoms with van der Waals surface area (Å²) in [6, 6.07) is 0. The molecule has 0 bridgehead atoms. The van der Waals surface area contributed by atoms with Crippen molar-refractivity contribution >= 4 is 5.97 Å². The van der Waals surface area contributed by atoms with E-state index in [2.05, 4.69) is 46.8 Å². The van der Waals surface area contributed by atoms with Gasteiger partial charge in [0.1, 0.15) is 0 Å². The van der Waals surface area contributed by atoms with E-state index in [1.54, 1.807) is 0 Å². The highest BCUT2D eigenvalue weighted by atomic mass is 16.5. The summed E-state index contributed by atoms with van der Waals surface area (Å²) in [6.07, 6.45) is 9.28. The quantitative estimate of drug-likeness (QED) is 0.591. The van der Waals surface area contributed by atoms with Crippen LogP contribution in [0.3, 0.4) is 0 Å². The highest BCUT2D eigenvalue weighted by Gasteiger charge is 2.71. The van der Waals surface area contributed by atoms with Gasteiger partial charge in [-0.3, -0.25) is 0 Å². The van der Waals surface area contributed by atoms with Gasteiger partial charge >= 0.3 is 5.97 Å². The largest absolute Gasteiger partial charge is 0.478 e. The predicted molar refractivity (Wildman–Crippen MR) is 102 cm³/mol. The topological polar surface area (TPSA) is 66.8 Å². The van der Waals surface area contributed by atoms with E-state index >= 15 is 0 Å². The van der Waals surface area contributed by atoms with Crippen LogP contribution < -0.4 is 0 Å². The summed E-state index contributed by atoms with van der Waals surface area (Å²) >= 11 is 0. The molecule has 142 valence electrons. The summed E-state index contributed by atoms with van der Waals surface area (Å²) in [4.78, 5) is 11.2. The van der Waals surface area contributed by atoms with Crippen LogP contribution in [0.4, 0.5) is 0 Å². The molecule has 1 saturated heterocycles. The maximum Gasteiger partial charge on any atom is 0.328 e. The number of hydrogen-bond donors (Lipinski definition) is 2. The monoisotopic (exact) mass is 358 g/mol. The molecule has 26 heavy (non-hydrogen) atoms. The summed E-state index contributed by atoms with van der Waals surface area (Å²) in [5.74, 6) is -0.782. The molecule has 1 fully saturated rings. The minimum absolute atomic E-state index is 0.0178. The Hall–Kier alpha value is -1.65. The van der Waals surface area contributed by atoms with Crippen molar-refractivity contribution in [3.63, 3.8) is 0 Å². The maximum absolute atomic E-state index is 11.2. The average Bonchev–Trinajstić information content (AvgIpc) is 2.89. The van der Waals surface area contributed by atoms with Crippen molar-refractivity contribution in [1.29, 1.82) is 0 Å². The van der Waals surface area contributed by atoms with Crippen LogP contribution in [0.5, 0.6) is 0 Å². The van der Waals surface area contributed by atoms with Gasteiger partial charge in [0.05, 0.1) is 18.8 Å². The molecule has 3 aliphatic rings. The number of hydrogen-bond acceptors (Lipinski definition) is 3. The Labute approximate surface area is 155 Å². The molecule has 4 nitrogen and oxygen atoms in total. The number of aliphatic carboxylic acids is 1. The van der Waals surface area contributed by atoms with Crippen molar-refractivity contribution in [2.75, 3.05) is 6.61 Å². The van der Waals surface area contributed by atoms with Crippen LogP contribution in [-0.4, -0.2) is 35.0 Å². The minimum atomic E-state index is -0.927. The van der Waals surface area contributed by atoms with Crippen LogP contribution in [0.2, 0.25) is 0 Å². The number of aliphatic hydroxyl groups is 1. The lowest BCUT2D eigenvalue weighted by Gasteiger charge is -2.52. The maximum atomic E-state index is 11.2. The fraction of sp³-hybridized carbons (Fsp3) is 0.591. The van der Waals surface area contributed by atoms with Gasteiger partial charge in [0.2, 0.25) is 0 Å². The molecule has 1 unspecified atom stereocenters. The molecule has 2 aliphatic carbocycles. The molecular weight excluding hydrogens is 328 g/mol. The van der Waals surface area contributed by atoms with Crippen molar-refractivity contribution in [2.45, 2.75) is 53.8 Å². The van der Waals surface area contributed by atoms with Crippen LogP contribution in [0.25, 0.3) is 0 Å². The Morgan fingerprint density at radius 3 is 2.42 bits per heavy atom. The smallest absolute Gasteiger partial charge is 0.328 e. The van der Waals surface area contributed by atoms with Gasteiger partial charge in [-0.2, -0.15) is 0 Å². The normalized spacial score (nSPS) is 44.9. The highest BCUT2D eigenvalue weighted by Crippen LogP contribution is 2.71. The van der Waals surface area contributed by atoms with E-state index in [1.165, 1.54) is 11.6 Å². The number of allylic oxidation sites excluding steroid dienone is 4. The molecule has 2 N–H and O–H groups in total. The Kier molecular flexibility index (Phi) is 4.36. The van der Waals surface area contributed by atoms with Gasteiger partial charge in [-0.05, 0) is 31.9 Å². The van der Waals surface area contributed by atoms with Gasteiger partial charge < -0.3 is 14.9 Å². The fourth-order valence-corrected chi connectivity index (χ4v) is 6.27. The molecule has 0 amide bonds. The Bertz CT molecular complexity index is 758. The second-order valence-electron chi connectivity index (χ2n) is 8.73. The molecule has 1 heterocycles.